The summed E-state index contributed by atoms with van der Waals surface area (Å²) in [6, 6.07) is 5.03. The van der Waals surface area contributed by atoms with Crippen LogP contribution in [0.25, 0.3) is 0 Å². The number of carbonyl (C=O) groups is 1. The lowest BCUT2D eigenvalue weighted by atomic mass is 10.1. The van der Waals surface area contributed by atoms with Crippen molar-refractivity contribution in [3.8, 4) is 5.75 Å². The van der Waals surface area contributed by atoms with E-state index in [1.165, 1.54) is 0 Å². The molecular formula is C15H21NO3. The molecule has 0 unspecified atom stereocenters. The molecule has 0 aliphatic carbocycles. The van der Waals surface area contributed by atoms with E-state index >= 15 is 0 Å². The number of hydrogen-bond acceptors (Lipinski definition) is 3. The summed E-state index contributed by atoms with van der Waals surface area (Å²) in [6.45, 7) is 3.15. The maximum Gasteiger partial charge on any atom is 0.254 e. The average Bonchev–Trinajstić information content (AvgIpc) is 2.42. The van der Waals surface area contributed by atoms with Gasteiger partial charge in [-0.05, 0) is 38.3 Å². The van der Waals surface area contributed by atoms with Crippen molar-refractivity contribution in [2.45, 2.75) is 32.3 Å². The van der Waals surface area contributed by atoms with Gasteiger partial charge in [0.25, 0.3) is 5.91 Å². The lowest BCUT2D eigenvalue weighted by Gasteiger charge is -2.27. The first kappa shape index (κ1) is 13.9. The lowest BCUT2D eigenvalue weighted by molar-refractivity contribution is -0.000206. The minimum Gasteiger partial charge on any atom is -0.508 e. The highest BCUT2D eigenvalue weighted by molar-refractivity contribution is 5.96. The Morgan fingerprint density at radius 1 is 1.47 bits per heavy atom. The second kappa shape index (κ2) is 6.06. The van der Waals surface area contributed by atoms with Crippen LogP contribution >= 0.6 is 0 Å². The van der Waals surface area contributed by atoms with E-state index in [0.717, 1.165) is 25.9 Å². The van der Waals surface area contributed by atoms with Crippen LogP contribution in [-0.2, 0) is 4.74 Å². The molecule has 1 aromatic rings. The van der Waals surface area contributed by atoms with Crippen LogP contribution in [0.5, 0.6) is 5.75 Å². The van der Waals surface area contributed by atoms with Crippen LogP contribution in [0.2, 0.25) is 0 Å². The van der Waals surface area contributed by atoms with Crippen LogP contribution in [0, 0.1) is 6.92 Å². The molecular weight excluding hydrogens is 242 g/mol. The Hall–Kier alpha value is -1.55. The highest BCUT2D eigenvalue weighted by Crippen LogP contribution is 2.21. The lowest BCUT2D eigenvalue weighted by Crippen LogP contribution is -2.37. The van der Waals surface area contributed by atoms with E-state index in [-0.39, 0.29) is 17.8 Å². The second-order valence-corrected chi connectivity index (χ2v) is 5.12. The molecule has 0 saturated carbocycles. The number of likely N-dealkylation sites (N-methyl/N-ethyl adjacent to an activating group) is 1. The van der Waals surface area contributed by atoms with Gasteiger partial charge in [-0.2, -0.15) is 0 Å². The molecule has 1 saturated heterocycles. The zero-order valence-electron chi connectivity index (χ0n) is 11.6. The molecule has 1 aliphatic heterocycles. The smallest absolute Gasteiger partial charge is 0.254 e. The zero-order chi connectivity index (χ0) is 13.8. The second-order valence-electron chi connectivity index (χ2n) is 5.12. The van der Waals surface area contributed by atoms with Gasteiger partial charge in [0.1, 0.15) is 5.75 Å². The number of nitrogens with zero attached hydrogens (tertiary/aromatic N) is 1. The summed E-state index contributed by atoms with van der Waals surface area (Å²) in [7, 11) is 1.78. The molecule has 0 aromatic heterocycles. The van der Waals surface area contributed by atoms with E-state index < -0.39 is 0 Å². The zero-order valence-corrected chi connectivity index (χ0v) is 11.6. The summed E-state index contributed by atoms with van der Waals surface area (Å²) in [4.78, 5) is 14.0. The Morgan fingerprint density at radius 2 is 2.26 bits per heavy atom. The largest absolute Gasteiger partial charge is 0.508 e. The minimum absolute atomic E-state index is 0.0671. The Morgan fingerprint density at radius 3 is 2.95 bits per heavy atom. The van der Waals surface area contributed by atoms with Gasteiger partial charge in [0.05, 0.1) is 6.10 Å². The van der Waals surface area contributed by atoms with Crippen molar-refractivity contribution in [3.63, 3.8) is 0 Å². The summed E-state index contributed by atoms with van der Waals surface area (Å²) in [6.07, 6.45) is 3.43. The number of ether oxygens (including phenoxy) is 1. The molecule has 4 nitrogen and oxygen atoms in total. The van der Waals surface area contributed by atoms with Gasteiger partial charge in [-0.3, -0.25) is 4.79 Å². The van der Waals surface area contributed by atoms with Crippen molar-refractivity contribution < 1.29 is 14.6 Å². The predicted molar refractivity (Wildman–Crippen MR) is 73.4 cm³/mol. The molecule has 0 spiro atoms. The van der Waals surface area contributed by atoms with Crippen molar-refractivity contribution in [1.82, 2.24) is 4.90 Å². The summed E-state index contributed by atoms with van der Waals surface area (Å²) >= 11 is 0. The third-order valence-electron chi connectivity index (χ3n) is 3.63. The first-order chi connectivity index (χ1) is 9.09. The van der Waals surface area contributed by atoms with E-state index in [1.54, 1.807) is 37.1 Å². The minimum atomic E-state index is -0.0671. The van der Waals surface area contributed by atoms with Gasteiger partial charge >= 0.3 is 0 Å². The van der Waals surface area contributed by atoms with Crippen LogP contribution < -0.4 is 0 Å². The fraction of sp³-hybridized carbons (Fsp3) is 0.533. The van der Waals surface area contributed by atoms with E-state index in [0.29, 0.717) is 17.7 Å². The molecule has 104 valence electrons. The average molecular weight is 263 g/mol. The number of rotatable bonds is 3. The standard InChI is InChI=1S/C15H21NO3/c1-11-13(7-5-8-14(11)17)15(18)16(2)10-12-6-3-4-9-19-12/h5,7-8,12,17H,3-4,6,9-10H2,1-2H3/t12-/m1/s1. The molecule has 0 radical (unpaired) electrons. The number of phenolic OH excluding ortho intramolecular Hbond substituents is 1. The first-order valence-corrected chi connectivity index (χ1v) is 6.75. The summed E-state index contributed by atoms with van der Waals surface area (Å²) in [5.41, 5.74) is 1.18. The van der Waals surface area contributed by atoms with Crippen molar-refractivity contribution in [3.05, 3.63) is 29.3 Å². The van der Waals surface area contributed by atoms with Gasteiger partial charge in [0.2, 0.25) is 0 Å². The summed E-state index contributed by atoms with van der Waals surface area (Å²) in [5.74, 6) is 0.0933. The highest BCUT2D eigenvalue weighted by atomic mass is 16.5. The van der Waals surface area contributed by atoms with Crippen LogP contribution in [0.15, 0.2) is 18.2 Å². The van der Waals surface area contributed by atoms with Crippen molar-refractivity contribution in [1.29, 1.82) is 0 Å². The molecule has 0 bridgehead atoms. The van der Waals surface area contributed by atoms with E-state index in [2.05, 4.69) is 0 Å². The van der Waals surface area contributed by atoms with Gasteiger partial charge in [-0.15, -0.1) is 0 Å². The van der Waals surface area contributed by atoms with Crippen molar-refractivity contribution in [2.75, 3.05) is 20.2 Å². The number of aromatic hydroxyl groups is 1. The van der Waals surface area contributed by atoms with E-state index in [1.807, 2.05) is 0 Å². The normalized spacial score (nSPS) is 19.2. The third kappa shape index (κ3) is 3.26. The SMILES string of the molecule is Cc1c(O)cccc1C(=O)N(C)C[C@H]1CCCCO1. The number of phenols is 1. The van der Waals surface area contributed by atoms with Gasteiger partial charge in [-0.1, -0.05) is 6.07 Å². The molecule has 4 heteroatoms. The maximum absolute atomic E-state index is 12.4. The Kier molecular flexibility index (Phi) is 4.43. The van der Waals surface area contributed by atoms with E-state index in [9.17, 15) is 9.90 Å². The molecule has 1 heterocycles. The van der Waals surface area contributed by atoms with Crippen LogP contribution in [0.3, 0.4) is 0 Å². The molecule has 1 atom stereocenters. The Balaban J connectivity index is 2.03. The summed E-state index contributed by atoms with van der Waals surface area (Å²) in [5, 5.41) is 9.66. The van der Waals surface area contributed by atoms with Gasteiger partial charge < -0.3 is 14.7 Å². The topological polar surface area (TPSA) is 49.8 Å². The molecule has 1 aromatic carbocycles. The maximum atomic E-state index is 12.4. The number of carbonyl (C=O) groups excluding carboxylic acids is 1. The first-order valence-electron chi connectivity index (χ1n) is 6.75. The number of amides is 1. The quantitative estimate of drug-likeness (QED) is 0.910. The van der Waals surface area contributed by atoms with Crippen molar-refractivity contribution >= 4 is 5.91 Å². The molecule has 1 aliphatic rings. The Labute approximate surface area is 114 Å². The Bertz CT molecular complexity index is 453. The summed E-state index contributed by atoms with van der Waals surface area (Å²) < 4.78 is 5.65. The predicted octanol–water partition coefficient (Wildman–Crippen LogP) is 2.34. The molecule has 1 amide bonds. The van der Waals surface area contributed by atoms with Crippen LogP contribution in [0.4, 0.5) is 0 Å². The third-order valence-corrected chi connectivity index (χ3v) is 3.63. The highest BCUT2D eigenvalue weighted by Gasteiger charge is 2.21. The van der Waals surface area contributed by atoms with Crippen molar-refractivity contribution in [2.24, 2.45) is 0 Å². The van der Waals surface area contributed by atoms with Gasteiger partial charge in [0.15, 0.2) is 0 Å². The van der Waals surface area contributed by atoms with E-state index in [4.69, 9.17) is 4.74 Å². The van der Waals surface area contributed by atoms with Crippen LogP contribution in [0.1, 0.15) is 35.2 Å². The number of hydrogen-bond donors (Lipinski definition) is 1. The van der Waals surface area contributed by atoms with Crippen LogP contribution in [-0.4, -0.2) is 42.2 Å². The molecule has 2 rings (SSSR count). The number of benzene rings is 1. The van der Waals surface area contributed by atoms with Gasteiger partial charge in [-0.25, -0.2) is 0 Å². The molecule has 1 N–H and O–H groups in total. The molecule has 19 heavy (non-hydrogen) atoms. The fourth-order valence-corrected chi connectivity index (χ4v) is 2.40. The molecule has 1 fully saturated rings. The fourth-order valence-electron chi connectivity index (χ4n) is 2.40. The monoisotopic (exact) mass is 263 g/mol. The van der Waals surface area contributed by atoms with Gasteiger partial charge in [0, 0.05) is 31.3 Å².